The van der Waals surface area contributed by atoms with E-state index in [1.54, 1.807) is 42.5 Å². The molecule has 0 amide bonds. The topological polar surface area (TPSA) is 83.1 Å². The van der Waals surface area contributed by atoms with E-state index < -0.39 is 5.25 Å². The molecule has 0 spiro atoms. The van der Waals surface area contributed by atoms with E-state index in [1.807, 2.05) is 41.8 Å². The SMILES string of the molecule is Cc1nnc(S[C@@H](C[N+](=O)[O-])c2ccccc2OCc2ccccc2F)n1-c1ccccc1. The monoisotopic (exact) mass is 464 g/mol. The van der Waals surface area contributed by atoms with E-state index in [2.05, 4.69) is 10.2 Å². The van der Waals surface area contributed by atoms with Gasteiger partial charge in [0, 0.05) is 21.7 Å². The van der Waals surface area contributed by atoms with Gasteiger partial charge in [-0.3, -0.25) is 14.7 Å². The molecule has 0 aliphatic rings. The molecule has 0 aliphatic heterocycles. The fraction of sp³-hybridized carbons (Fsp3) is 0.167. The maximum Gasteiger partial charge on any atom is 0.220 e. The van der Waals surface area contributed by atoms with Crippen molar-refractivity contribution in [2.24, 2.45) is 0 Å². The standard InChI is InChI=1S/C24H21FN4O3S/c1-17-26-27-24(29(17)19-10-3-2-4-11-19)33-23(15-28(30)31)20-12-6-8-14-22(20)32-16-18-9-5-7-13-21(18)25/h2-14,23H,15-16H2,1H3/t23-/m0/s1. The Kier molecular flexibility index (Phi) is 6.99. The minimum absolute atomic E-state index is 0.0127. The summed E-state index contributed by atoms with van der Waals surface area (Å²) in [4.78, 5) is 11.2. The van der Waals surface area contributed by atoms with Crippen LogP contribution in [0.1, 0.15) is 22.2 Å². The molecule has 0 fully saturated rings. The van der Waals surface area contributed by atoms with E-state index >= 15 is 0 Å². The number of aryl methyl sites for hydroxylation is 1. The van der Waals surface area contributed by atoms with Crippen molar-refractivity contribution in [1.29, 1.82) is 0 Å². The summed E-state index contributed by atoms with van der Waals surface area (Å²) < 4.78 is 21.8. The largest absolute Gasteiger partial charge is 0.488 e. The van der Waals surface area contributed by atoms with Gasteiger partial charge in [0.25, 0.3) is 0 Å². The average Bonchev–Trinajstić information content (AvgIpc) is 3.18. The molecule has 0 N–H and O–H groups in total. The number of benzene rings is 3. The molecule has 1 atom stereocenters. The van der Waals surface area contributed by atoms with E-state index in [0.717, 1.165) is 5.69 Å². The van der Waals surface area contributed by atoms with Crippen molar-refractivity contribution in [3.63, 3.8) is 0 Å². The Hall–Kier alpha value is -3.72. The van der Waals surface area contributed by atoms with Crippen LogP contribution in [-0.4, -0.2) is 26.2 Å². The van der Waals surface area contributed by atoms with Crippen LogP contribution in [0.4, 0.5) is 4.39 Å². The average molecular weight is 465 g/mol. The predicted molar refractivity (Wildman–Crippen MR) is 124 cm³/mol. The second-order valence-corrected chi connectivity index (χ2v) is 8.41. The minimum atomic E-state index is -0.595. The lowest BCUT2D eigenvalue weighted by atomic mass is 10.1. The molecule has 9 heteroatoms. The number of rotatable bonds is 9. The molecule has 1 aromatic heterocycles. The normalized spacial score (nSPS) is 11.8. The molecule has 0 radical (unpaired) electrons. The molecule has 4 aromatic rings. The zero-order valence-corrected chi connectivity index (χ0v) is 18.6. The molecule has 33 heavy (non-hydrogen) atoms. The molecule has 0 saturated carbocycles. The first-order valence-corrected chi connectivity index (χ1v) is 11.1. The quantitative estimate of drug-likeness (QED) is 0.187. The van der Waals surface area contributed by atoms with Crippen LogP contribution in [0, 0.1) is 22.9 Å². The van der Waals surface area contributed by atoms with Crippen LogP contribution in [-0.2, 0) is 6.61 Å². The Morgan fingerprint density at radius 2 is 1.73 bits per heavy atom. The van der Waals surface area contributed by atoms with E-state index in [9.17, 15) is 14.5 Å². The van der Waals surface area contributed by atoms with Gasteiger partial charge in [-0.25, -0.2) is 4.39 Å². The lowest BCUT2D eigenvalue weighted by molar-refractivity contribution is -0.479. The third kappa shape index (κ3) is 5.38. The number of para-hydroxylation sites is 2. The molecule has 168 valence electrons. The van der Waals surface area contributed by atoms with Gasteiger partial charge in [0.1, 0.15) is 29.2 Å². The van der Waals surface area contributed by atoms with Gasteiger partial charge in [-0.2, -0.15) is 0 Å². The summed E-state index contributed by atoms with van der Waals surface area (Å²) in [7, 11) is 0. The second-order valence-electron chi connectivity index (χ2n) is 7.24. The van der Waals surface area contributed by atoms with Crippen LogP contribution in [0.15, 0.2) is 84.0 Å². The molecule has 0 bridgehead atoms. The molecule has 3 aromatic carbocycles. The predicted octanol–water partition coefficient (Wildman–Crippen LogP) is 5.40. The van der Waals surface area contributed by atoms with Crippen LogP contribution in [0.25, 0.3) is 5.69 Å². The summed E-state index contributed by atoms with van der Waals surface area (Å²) in [5.41, 5.74) is 1.91. The first kappa shape index (κ1) is 22.5. The van der Waals surface area contributed by atoms with E-state index in [4.69, 9.17) is 4.74 Å². The van der Waals surface area contributed by atoms with Gasteiger partial charge in [-0.1, -0.05) is 66.4 Å². The Labute approximate surface area is 194 Å². The number of hydrogen-bond donors (Lipinski definition) is 0. The first-order chi connectivity index (χ1) is 16.0. The third-order valence-electron chi connectivity index (χ3n) is 4.98. The Morgan fingerprint density at radius 1 is 1.03 bits per heavy atom. The highest BCUT2D eigenvalue weighted by molar-refractivity contribution is 7.99. The van der Waals surface area contributed by atoms with E-state index in [-0.39, 0.29) is 23.9 Å². The molecule has 1 heterocycles. The number of nitro groups is 1. The van der Waals surface area contributed by atoms with Crippen LogP contribution >= 0.6 is 11.8 Å². The maximum atomic E-state index is 14.0. The highest BCUT2D eigenvalue weighted by atomic mass is 32.2. The van der Waals surface area contributed by atoms with Crippen molar-refractivity contribution in [1.82, 2.24) is 14.8 Å². The maximum absolute atomic E-state index is 14.0. The van der Waals surface area contributed by atoms with Crippen molar-refractivity contribution in [3.05, 3.63) is 112 Å². The number of ether oxygens (including phenoxy) is 1. The first-order valence-electron chi connectivity index (χ1n) is 10.2. The van der Waals surface area contributed by atoms with Crippen molar-refractivity contribution < 1.29 is 14.1 Å². The van der Waals surface area contributed by atoms with Crippen LogP contribution in [0.3, 0.4) is 0 Å². The van der Waals surface area contributed by atoms with Crippen LogP contribution < -0.4 is 4.74 Å². The summed E-state index contributed by atoms with van der Waals surface area (Å²) in [6.07, 6.45) is 0. The van der Waals surface area contributed by atoms with Gasteiger partial charge in [-0.05, 0) is 31.2 Å². The number of thioether (sulfide) groups is 1. The number of nitrogens with zero attached hydrogens (tertiary/aromatic N) is 4. The fourth-order valence-corrected chi connectivity index (χ4v) is 4.61. The van der Waals surface area contributed by atoms with Crippen molar-refractivity contribution in [2.45, 2.75) is 23.9 Å². The summed E-state index contributed by atoms with van der Waals surface area (Å²) in [6, 6.07) is 23.0. The van der Waals surface area contributed by atoms with E-state index in [1.165, 1.54) is 17.8 Å². The van der Waals surface area contributed by atoms with Crippen LogP contribution in [0.5, 0.6) is 5.75 Å². The Bertz CT molecular complexity index is 1250. The number of aromatic nitrogens is 3. The Morgan fingerprint density at radius 3 is 2.48 bits per heavy atom. The van der Waals surface area contributed by atoms with Gasteiger partial charge in [-0.15, -0.1) is 10.2 Å². The molecular formula is C24H21FN4O3S. The van der Waals surface area contributed by atoms with Gasteiger partial charge in [0.05, 0.1) is 0 Å². The zero-order valence-electron chi connectivity index (χ0n) is 17.8. The third-order valence-corrected chi connectivity index (χ3v) is 6.14. The molecule has 0 saturated heterocycles. The summed E-state index contributed by atoms with van der Waals surface area (Å²) >= 11 is 1.25. The summed E-state index contributed by atoms with van der Waals surface area (Å²) in [6.45, 7) is 1.50. The molecule has 7 nitrogen and oxygen atoms in total. The molecule has 0 aliphatic carbocycles. The van der Waals surface area contributed by atoms with Gasteiger partial charge in [0.2, 0.25) is 6.54 Å². The summed E-state index contributed by atoms with van der Waals surface area (Å²) in [5, 5.41) is 19.9. The number of halogens is 1. The lowest BCUT2D eigenvalue weighted by Gasteiger charge is -2.18. The smallest absolute Gasteiger partial charge is 0.220 e. The molecular weight excluding hydrogens is 443 g/mol. The Balaban J connectivity index is 1.65. The van der Waals surface area contributed by atoms with Crippen molar-refractivity contribution in [2.75, 3.05) is 6.54 Å². The zero-order chi connectivity index (χ0) is 23.2. The molecule has 0 unspecified atom stereocenters. The van der Waals surface area contributed by atoms with Crippen molar-refractivity contribution >= 4 is 11.8 Å². The second kappa shape index (κ2) is 10.3. The van der Waals surface area contributed by atoms with E-state index in [0.29, 0.717) is 27.9 Å². The summed E-state index contributed by atoms with van der Waals surface area (Å²) in [5.74, 6) is 0.771. The van der Waals surface area contributed by atoms with Gasteiger partial charge < -0.3 is 4.74 Å². The van der Waals surface area contributed by atoms with Gasteiger partial charge >= 0.3 is 0 Å². The highest BCUT2D eigenvalue weighted by Crippen LogP contribution is 2.40. The van der Waals surface area contributed by atoms with Gasteiger partial charge in [0.15, 0.2) is 5.16 Å². The molecule has 4 rings (SSSR count). The minimum Gasteiger partial charge on any atom is -0.488 e. The number of hydrogen-bond acceptors (Lipinski definition) is 6. The van der Waals surface area contributed by atoms with Crippen LogP contribution in [0.2, 0.25) is 0 Å². The lowest BCUT2D eigenvalue weighted by Crippen LogP contribution is -2.12. The van der Waals surface area contributed by atoms with Crippen molar-refractivity contribution in [3.8, 4) is 11.4 Å². The highest BCUT2D eigenvalue weighted by Gasteiger charge is 2.26. The fourth-order valence-electron chi connectivity index (χ4n) is 3.40.